The predicted molar refractivity (Wildman–Crippen MR) is 43.9 cm³/mol. The fraction of sp³-hybridized carbons (Fsp3) is 0.714. The molecule has 5 N–H and O–H groups in total. The van der Waals surface area contributed by atoms with Crippen molar-refractivity contribution in [1.82, 2.24) is 5.32 Å². The van der Waals surface area contributed by atoms with E-state index in [9.17, 15) is 0 Å². The normalized spacial score (nSPS) is 12.2. The van der Waals surface area contributed by atoms with E-state index in [1.165, 1.54) is 6.42 Å². The highest BCUT2D eigenvalue weighted by molar-refractivity contribution is 4.87. The Balaban J connectivity index is 3.28. The van der Waals surface area contributed by atoms with E-state index in [0.717, 1.165) is 6.54 Å². The monoisotopic (exact) mass is 143 g/mol. The van der Waals surface area contributed by atoms with Crippen LogP contribution in [-0.4, -0.2) is 6.54 Å². The summed E-state index contributed by atoms with van der Waals surface area (Å²) in [6, 6.07) is 0. The highest BCUT2D eigenvalue weighted by atomic mass is 14.9. The maximum Gasteiger partial charge on any atom is 0.110 e. The zero-order chi connectivity index (χ0) is 7.98. The van der Waals surface area contributed by atoms with Gasteiger partial charge >= 0.3 is 0 Å². The first-order chi connectivity index (χ1) is 4.66. The van der Waals surface area contributed by atoms with E-state index < -0.39 is 0 Å². The third-order valence-electron chi connectivity index (χ3n) is 1.43. The molecule has 1 unspecified atom stereocenters. The first-order valence-corrected chi connectivity index (χ1v) is 3.61. The van der Waals surface area contributed by atoms with E-state index in [2.05, 4.69) is 19.2 Å². The summed E-state index contributed by atoms with van der Waals surface area (Å²) in [7, 11) is 0. The van der Waals surface area contributed by atoms with Crippen LogP contribution >= 0.6 is 0 Å². The Kier molecular flexibility index (Phi) is 4.54. The van der Waals surface area contributed by atoms with E-state index in [0.29, 0.717) is 11.7 Å². The quantitative estimate of drug-likeness (QED) is 0.531. The van der Waals surface area contributed by atoms with E-state index in [1.54, 1.807) is 6.20 Å². The average molecular weight is 143 g/mol. The molecule has 0 aromatic heterocycles. The van der Waals surface area contributed by atoms with Gasteiger partial charge in [0.25, 0.3) is 0 Å². The molecule has 0 aliphatic carbocycles. The van der Waals surface area contributed by atoms with Crippen LogP contribution in [0, 0.1) is 5.92 Å². The van der Waals surface area contributed by atoms with Crippen LogP contribution in [0.2, 0.25) is 0 Å². The van der Waals surface area contributed by atoms with Gasteiger partial charge in [-0.25, -0.2) is 0 Å². The van der Waals surface area contributed by atoms with Crippen LogP contribution < -0.4 is 16.8 Å². The first kappa shape index (κ1) is 9.14. The molecule has 0 radical (unpaired) electrons. The molecule has 3 heteroatoms. The lowest BCUT2D eigenvalue weighted by Gasteiger charge is -2.07. The zero-order valence-electron chi connectivity index (χ0n) is 6.72. The third kappa shape index (κ3) is 5.28. The fourth-order valence-corrected chi connectivity index (χ4v) is 0.522. The summed E-state index contributed by atoms with van der Waals surface area (Å²) < 4.78 is 0. The Bertz CT molecular complexity index is 105. The number of nitrogens with two attached hydrogens (primary N) is 2. The maximum atomic E-state index is 5.20. The highest BCUT2D eigenvalue weighted by Crippen LogP contribution is 1.96. The molecule has 10 heavy (non-hydrogen) atoms. The number of rotatable bonds is 4. The van der Waals surface area contributed by atoms with Crippen molar-refractivity contribution in [3.63, 3.8) is 0 Å². The second-order valence-electron chi connectivity index (χ2n) is 2.57. The van der Waals surface area contributed by atoms with Crippen molar-refractivity contribution in [2.24, 2.45) is 17.4 Å². The second-order valence-corrected chi connectivity index (χ2v) is 2.57. The molecule has 0 aliphatic rings. The first-order valence-electron chi connectivity index (χ1n) is 3.61. The minimum Gasteiger partial charge on any atom is -0.388 e. The molecule has 3 nitrogen and oxygen atoms in total. The lowest BCUT2D eigenvalue weighted by molar-refractivity contribution is 0.538. The third-order valence-corrected chi connectivity index (χ3v) is 1.43. The van der Waals surface area contributed by atoms with Gasteiger partial charge in [0.05, 0.1) is 0 Å². The largest absolute Gasteiger partial charge is 0.388 e. The van der Waals surface area contributed by atoms with Gasteiger partial charge in [0.2, 0.25) is 0 Å². The van der Waals surface area contributed by atoms with Crippen molar-refractivity contribution in [1.29, 1.82) is 0 Å². The van der Waals surface area contributed by atoms with Gasteiger partial charge in [-0.2, -0.15) is 0 Å². The molecule has 0 heterocycles. The van der Waals surface area contributed by atoms with Gasteiger partial charge < -0.3 is 16.8 Å². The van der Waals surface area contributed by atoms with Crippen LogP contribution in [0.5, 0.6) is 0 Å². The van der Waals surface area contributed by atoms with Gasteiger partial charge in [0.1, 0.15) is 5.82 Å². The van der Waals surface area contributed by atoms with Crippen molar-refractivity contribution in [2.75, 3.05) is 6.54 Å². The van der Waals surface area contributed by atoms with E-state index in [1.807, 2.05) is 0 Å². The molecule has 0 fully saturated rings. The van der Waals surface area contributed by atoms with Crippen molar-refractivity contribution in [2.45, 2.75) is 20.3 Å². The molecule has 0 aromatic carbocycles. The SMILES string of the molecule is CCC(C)CNC=C(N)N. The molecule has 0 rings (SSSR count). The number of nitrogens with one attached hydrogen (secondary N) is 1. The average Bonchev–Trinajstić information content (AvgIpc) is 1.87. The second kappa shape index (κ2) is 4.97. The van der Waals surface area contributed by atoms with Crippen LogP contribution in [0.1, 0.15) is 20.3 Å². The van der Waals surface area contributed by atoms with Gasteiger partial charge in [0, 0.05) is 12.7 Å². The minimum absolute atomic E-state index is 0.336. The molecular formula is C7H17N3. The van der Waals surface area contributed by atoms with Crippen molar-refractivity contribution in [3.8, 4) is 0 Å². The van der Waals surface area contributed by atoms with Crippen molar-refractivity contribution >= 4 is 0 Å². The van der Waals surface area contributed by atoms with E-state index in [4.69, 9.17) is 11.5 Å². The van der Waals surface area contributed by atoms with Crippen LogP contribution in [-0.2, 0) is 0 Å². The van der Waals surface area contributed by atoms with Gasteiger partial charge in [-0.15, -0.1) is 0 Å². The molecule has 1 atom stereocenters. The lowest BCUT2D eigenvalue weighted by atomic mass is 10.1. The summed E-state index contributed by atoms with van der Waals surface area (Å²) in [5.74, 6) is 1.01. The zero-order valence-corrected chi connectivity index (χ0v) is 6.72. The van der Waals surface area contributed by atoms with E-state index >= 15 is 0 Å². The van der Waals surface area contributed by atoms with Crippen LogP contribution in [0.25, 0.3) is 0 Å². The molecule has 60 valence electrons. The highest BCUT2D eigenvalue weighted by Gasteiger charge is 1.93. The molecule has 0 bridgehead atoms. The van der Waals surface area contributed by atoms with Crippen LogP contribution in [0.15, 0.2) is 12.0 Å². The maximum absolute atomic E-state index is 5.20. The summed E-state index contributed by atoms with van der Waals surface area (Å²) in [4.78, 5) is 0. The minimum atomic E-state index is 0.336. The van der Waals surface area contributed by atoms with Crippen LogP contribution in [0.3, 0.4) is 0 Å². The lowest BCUT2D eigenvalue weighted by Crippen LogP contribution is -2.19. The topological polar surface area (TPSA) is 64.1 Å². The molecular weight excluding hydrogens is 126 g/mol. The number of hydrogen-bond acceptors (Lipinski definition) is 3. The Hall–Kier alpha value is -0.860. The fourth-order valence-electron chi connectivity index (χ4n) is 0.522. The predicted octanol–water partition coefficient (Wildman–Crippen LogP) is 0.338. The molecule has 0 amide bonds. The molecule has 0 saturated carbocycles. The Morgan fingerprint density at radius 1 is 1.60 bits per heavy atom. The number of hydrogen-bond donors (Lipinski definition) is 3. The van der Waals surface area contributed by atoms with Crippen molar-refractivity contribution in [3.05, 3.63) is 12.0 Å². The standard InChI is InChI=1S/C7H17N3/c1-3-6(2)4-10-5-7(8)9/h5-6,10H,3-4,8-9H2,1-2H3. The summed E-state index contributed by atoms with van der Waals surface area (Å²) in [5.41, 5.74) is 10.4. The summed E-state index contributed by atoms with van der Waals surface area (Å²) in [6.45, 7) is 5.27. The Morgan fingerprint density at radius 2 is 2.20 bits per heavy atom. The molecule has 0 aliphatic heterocycles. The van der Waals surface area contributed by atoms with Gasteiger partial charge in [-0.3, -0.25) is 0 Å². The van der Waals surface area contributed by atoms with Crippen molar-refractivity contribution < 1.29 is 0 Å². The Morgan fingerprint density at radius 3 is 2.60 bits per heavy atom. The van der Waals surface area contributed by atoms with E-state index in [-0.39, 0.29) is 0 Å². The smallest absolute Gasteiger partial charge is 0.110 e. The summed E-state index contributed by atoms with van der Waals surface area (Å²) in [6.07, 6.45) is 2.80. The van der Waals surface area contributed by atoms with Gasteiger partial charge in [-0.05, 0) is 5.92 Å². The van der Waals surface area contributed by atoms with Gasteiger partial charge in [-0.1, -0.05) is 20.3 Å². The molecule has 0 aromatic rings. The summed E-state index contributed by atoms with van der Waals surface area (Å²) in [5, 5.41) is 3.02. The molecule has 0 saturated heterocycles. The van der Waals surface area contributed by atoms with Crippen LogP contribution in [0.4, 0.5) is 0 Å². The molecule has 0 spiro atoms. The Labute approximate surface area is 62.5 Å². The van der Waals surface area contributed by atoms with Gasteiger partial charge in [0.15, 0.2) is 0 Å². The summed E-state index contributed by atoms with van der Waals surface area (Å²) >= 11 is 0.